The van der Waals surface area contributed by atoms with Gasteiger partial charge in [-0.1, -0.05) is 26.7 Å². The van der Waals surface area contributed by atoms with Crippen LogP contribution in [0, 0.1) is 5.92 Å². The summed E-state index contributed by atoms with van der Waals surface area (Å²) in [5.74, 6) is 0.394. The van der Waals surface area contributed by atoms with Gasteiger partial charge in [0.1, 0.15) is 0 Å². The van der Waals surface area contributed by atoms with E-state index in [2.05, 4.69) is 23.9 Å². The summed E-state index contributed by atoms with van der Waals surface area (Å²) in [6.45, 7) is 7.48. The van der Waals surface area contributed by atoms with E-state index in [1.807, 2.05) is 14.0 Å². The molecule has 0 aliphatic heterocycles. The van der Waals surface area contributed by atoms with E-state index in [1.165, 1.54) is 4.31 Å². The lowest BCUT2D eigenvalue weighted by molar-refractivity contribution is 0.373. The molecule has 0 aliphatic rings. The van der Waals surface area contributed by atoms with Crippen LogP contribution in [-0.4, -0.2) is 45.9 Å². The Bertz CT molecular complexity index is 302. The van der Waals surface area contributed by atoms with E-state index in [0.29, 0.717) is 12.5 Å². The van der Waals surface area contributed by atoms with Gasteiger partial charge in [-0.3, -0.25) is 0 Å². The monoisotopic (exact) mass is 279 g/mol. The van der Waals surface area contributed by atoms with Gasteiger partial charge in [-0.15, -0.1) is 0 Å². The standard InChI is InChI=1S/C12H29N3O2S/c1-6-12(7-2)11(3)14-18(16,17)15(5)10-8-9-13-4/h11-14H,6-10H2,1-5H3. The number of hydrogen-bond acceptors (Lipinski definition) is 3. The Labute approximate surface area is 113 Å². The van der Waals surface area contributed by atoms with Crippen molar-refractivity contribution in [3.8, 4) is 0 Å². The minimum absolute atomic E-state index is 0.0169. The zero-order chi connectivity index (χ0) is 14.2. The van der Waals surface area contributed by atoms with Gasteiger partial charge in [0.15, 0.2) is 0 Å². The number of nitrogens with one attached hydrogen (secondary N) is 2. The Morgan fingerprint density at radius 3 is 2.22 bits per heavy atom. The van der Waals surface area contributed by atoms with Crippen molar-refractivity contribution in [3.05, 3.63) is 0 Å². The van der Waals surface area contributed by atoms with Crippen LogP contribution < -0.4 is 10.0 Å². The van der Waals surface area contributed by atoms with Gasteiger partial charge in [0.05, 0.1) is 0 Å². The summed E-state index contributed by atoms with van der Waals surface area (Å²) in [6.07, 6.45) is 2.79. The van der Waals surface area contributed by atoms with Gasteiger partial charge in [-0.25, -0.2) is 0 Å². The average Bonchev–Trinajstić information content (AvgIpc) is 2.30. The molecule has 0 saturated carbocycles. The Morgan fingerprint density at radius 1 is 1.22 bits per heavy atom. The molecule has 0 saturated heterocycles. The summed E-state index contributed by atoms with van der Waals surface area (Å²) in [5, 5.41) is 3.01. The summed E-state index contributed by atoms with van der Waals surface area (Å²) >= 11 is 0. The molecule has 2 N–H and O–H groups in total. The molecule has 6 heteroatoms. The number of rotatable bonds is 10. The molecule has 18 heavy (non-hydrogen) atoms. The van der Waals surface area contributed by atoms with E-state index in [1.54, 1.807) is 7.05 Å². The topological polar surface area (TPSA) is 61.4 Å². The van der Waals surface area contributed by atoms with Crippen LogP contribution in [-0.2, 0) is 10.2 Å². The van der Waals surface area contributed by atoms with Crippen molar-refractivity contribution in [2.24, 2.45) is 5.92 Å². The highest BCUT2D eigenvalue weighted by Crippen LogP contribution is 2.14. The molecule has 0 radical (unpaired) electrons. The van der Waals surface area contributed by atoms with Gasteiger partial charge in [0.2, 0.25) is 0 Å². The predicted octanol–water partition coefficient (Wildman–Crippen LogP) is 1.19. The SMILES string of the molecule is CCC(CC)C(C)NS(=O)(=O)N(C)CCCNC. The van der Waals surface area contributed by atoms with Gasteiger partial charge in [-0.2, -0.15) is 17.4 Å². The summed E-state index contributed by atoms with van der Waals surface area (Å²) in [7, 11) is 0.136. The highest BCUT2D eigenvalue weighted by molar-refractivity contribution is 7.87. The Hall–Kier alpha value is -0.170. The molecule has 1 unspecified atom stereocenters. The maximum atomic E-state index is 12.1. The van der Waals surface area contributed by atoms with E-state index in [-0.39, 0.29) is 6.04 Å². The van der Waals surface area contributed by atoms with Crippen molar-refractivity contribution < 1.29 is 8.42 Å². The first-order chi connectivity index (χ1) is 8.38. The number of hydrogen-bond donors (Lipinski definition) is 2. The highest BCUT2D eigenvalue weighted by Gasteiger charge is 2.23. The lowest BCUT2D eigenvalue weighted by Gasteiger charge is -2.25. The van der Waals surface area contributed by atoms with E-state index < -0.39 is 10.2 Å². The van der Waals surface area contributed by atoms with Crippen molar-refractivity contribution in [1.82, 2.24) is 14.3 Å². The molecular formula is C12H29N3O2S. The first-order valence-corrected chi connectivity index (χ1v) is 8.21. The number of nitrogens with zero attached hydrogens (tertiary/aromatic N) is 1. The fourth-order valence-electron chi connectivity index (χ4n) is 2.02. The molecular weight excluding hydrogens is 250 g/mol. The molecule has 0 amide bonds. The molecule has 0 aromatic heterocycles. The van der Waals surface area contributed by atoms with Gasteiger partial charge >= 0.3 is 0 Å². The third-order valence-corrected chi connectivity index (χ3v) is 5.07. The summed E-state index contributed by atoms with van der Waals surface area (Å²) in [6, 6.07) is -0.0169. The summed E-state index contributed by atoms with van der Waals surface area (Å²) in [4.78, 5) is 0. The van der Waals surface area contributed by atoms with Gasteiger partial charge in [0.25, 0.3) is 10.2 Å². The molecule has 110 valence electrons. The second kappa shape index (κ2) is 8.85. The molecule has 0 aromatic carbocycles. The largest absolute Gasteiger partial charge is 0.320 e. The van der Waals surface area contributed by atoms with Gasteiger partial charge in [-0.05, 0) is 32.9 Å². The van der Waals surface area contributed by atoms with Crippen LogP contribution in [0.5, 0.6) is 0 Å². The molecule has 0 fully saturated rings. The molecule has 0 aliphatic carbocycles. The molecule has 0 rings (SSSR count). The normalized spacial score (nSPS) is 14.4. The predicted molar refractivity (Wildman–Crippen MR) is 76.8 cm³/mol. The Kier molecular flexibility index (Phi) is 8.77. The van der Waals surface area contributed by atoms with Crippen LogP contribution in [0.25, 0.3) is 0 Å². The second-order valence-corrected chi connectivity index (χ2v) is 6.58. The van der Waals surface area contributed by atoms with Crippen molar-refractivity contribution in [3.63, 3.8) is 0 Å². The fraction of sp³-hybridized carbons (Fsp3) is 1.00. The molecule has 0 bridgehead atoms. The van der Waals surface area contributed by atoms with Crippen LogP contribution in [0.4, 0.5) is 0 Å². The van der Waals surface area contributed by atoms with Crippen LogP contribution >= 0.6 is 0 Å². The minimum atomic E-state index is -3.35. The molecule has 0 heterocycles. The third kappa shape index (κ3) is 6.13. The second-order valence-electron chi connectivity index (χ2n) is 4.77. The van der Waals surface area contributed by atoms with E-state index in [4.69, 9.17) is 0 Å². The van der Waals surface area contributed by atoms with Crippen molar-refractivity contribution in [2.75, 3.05) is 27.2 Å². The van der Waals surface area contributed by atoms with Crippen LogP contribution in [0.15, 0.2) is 0 Å². The Balaban J connectivity index is 4.36. The van der Waals surface area contributed by atoms with Crippen LogP contribution in [0.2, 0.25) is 0 Å². The van der Waals surface area contributed by atoms with Crippen LogP contribution in [0.1, 0.15) is 40.0 Å². The molecule has 0 spiro atoms. The fourth-order valence-corrected chi connectivity index (χ4v) is 3.23. The van der Waals surface area contributed by atoms with Gasteiger partial charge < -0.3 is 5.32 Å². The lowest BCUT2D eigenvalue weighted by Crippen LogP contribution is -2.45. The maximum Gasteiger partial charge on any atom is 0.279 e. The zero-order valence-electron chi connectivity index (χ0n) is 12.4. The van der Waals surface area contributed by atoms with Crippen LogP contribution in [0.3, 0.4) is 0 Å². The van der Waals surface area contributed by atoms with E-state index >= 15 is 0 Å². The Morgan fingerprint density at radius 2 is 1.78 bits per heavy atom. The molecule has 1 atom stereocenters. The van der Waals surface area contributed by atoms with Crippen molar-refractivity contribution in [1.29, 1.82) is 0 Å². The first kappa shape index (κ1) is 17.8. The summed E-state index contributed by atoms with van der Waals surface area (Å²) in [5.41, 5.74) is 0. The highest BCUT2D eigenvalue weighted by atomic mass is 32.2. The third-order valence-electron chi connectivity index (χ3n) is 3.40. The van der Waals surface area contributed by atoms with Crippen molar-refractivity contribution in [2.45, 2.75) is 46.1 Å². The summed E-state index contributed by atoms with van der Waals surface area (Å²) < 4.78 is 28.3. The minimum Gasteiger partial charge on any atom is -0.320 e. The van der Waals surface area contributed by atoms with E-state index in [9.17, 15) is 8.42 Å². The molecule has 0 aromatic rings. The van der Waals surface area contributed by atoms with Crippen molar-refractivity contribution >= 4 is 10.2 Å². The van der Waals surface area contributed by atoms with Gasteiger partial charge in [0, 0.05) is 19.6 Å². The first-order valence-electron chi connectivity index (χ1n) is 6.77. The smallest absolute Gasteiger partial charge is 0.279 e. The lowest BCUT2D eigenvalue weighted by atomic mass is 9.96. The zero-order valence-corrected chi connectivity index (χ0v) is 13.2. The molecule has 5 nitrogen and oxygen atoms in total. The maximum absolute atomic E-state index is 12.1. The average molecular weight is 279 g/mol. The van der Waals surface area contributed by atoms with E-state index in [0.717, 1.165) is 25.8 Å². The quantitative estimate of drug-likeness (QED) is 0.591.